The van der Waals surface area contributed by atoms with E-state index < -0.39 is 23.9 Å². The van der Waals surface area contributed by atoms with E-state index in [-0.39, 0.29) is 5.75 Å². The lowest BCUT2D eigenvalue weighted by Crippen LogP contribution is -2.10. The maximum absolute atomic E-state index is 12.9. The number of benzene rings is 4. The molecule has 0 heterocycles. The zero-order valence-corrected chi connectivity index (χ0v) is 31.7. The Bertz CT molecular complexity index is 2020. The topological polar surface area (TPSA) is 145 Å². The standard InChI is InChI=1S/C44H45NO11/c1-6-41(46)53-26-10-8-24-51-35-17-12-32(13-18-35)43(48)55-37-21-22-38(30(3)28-37)45-31(4)34-16-23-39(40(29-34)50-5)56-44(49)33-14-19-36(20-15-33)52-25-9-11-27-54-42(47)7-2/h6-7,12-23,28-29H,1-2,8-11,24-27H2,3-5H3. The van der Waals surface area contributed by atoms with Gasteiger partial charge in [-0.25, -0.2) is 19.2 Å². The van der Waals surface area contributed by atoms with Crippen LogP contribution < -0.4 is 23.7 Å². The summed E-state index contributed by atoms with van der Waals surface area (Å²) in [5.74, 6) is 0.199. The Morgan fingerprint density at radius 3 is 1.57 bits per heavy atom. The molecule has 0 aliphatic heterocycles. The summed E-state index contributed by atoms with van der Waals surface area (Å²) in [5, 5.41) is 0. The molecule has 4 aromatic rings. The first-order valence-electron chi connectivity index (χ1n) is 17.9. The predicted molar refractivity (Wildman–Crippen MR) is 211 cm³/mol. The lowest BCUT2D eigenvalue weighted by Gasteiger charge is -2.12. The SMILES string of the molecule is C=CC(=O)OCCCCOc1ccc(C(=O)Oc2ccc(N=C(C)c3ccc(OC(=O)c4ccc(OCCCCOC(=O)C=C)cc4)c(OC)c3)c(C)c2)cc1. The molecule has 0 atom stereocenters. The van der Waals surface area contributed by atoms with Crippen LogP contribution in [0.4, 0.5) is 5.69 Å². The van der Waals surface area contributed by atoms with Crippen LogP contribution in [0, 0.1) is 6.92 Å². The van der Waals surface area contributed by atoms with E-state index in [4.69, 9.17) is 38.2 Å². The van der Waals surface area contributed by atoms with E-state index >= 15 is 0 Å². The molecule has 292 valence electrons. The highest BCUT2D eigenvalue weighted by Crippen LogP contribution is 2.31. The molecule has 0 aliphatic carbocycles. The van der Waals surface area contributed by atoms with E-state index in [0.717, 1.165) is 23.3 Å². The van der Waals surface area contributed by atoms with Crippen molar-refractivity contribution in [1.29, 1.82) is 0 Å². The second-order valence-corrected chi connectivity index (χ2v) is 12.2. The second-order valence-electron chi connectivity index (χ2n) is 12.2. The number of esters is 4. The monoisotopic (exact) mass is 763 g/mol. The van der Waals surface area contributed by atoms with Crippen LogP contribution in [0.5, 0.6) is 28.7 Å². The highest BCUT2D eigenvalue weighted by molar-refractivity contribution is 6.01. The number of rotatable bonds is 21. The van der Waals surface area contributed by atoms with Gasteiger partial charge in [-0.05, 0) is 136 Å². The highest BCUT2D eigenvalue weighted by Gasteiger charge is 2.15. The van der Waals surface area contributed by atoms with Crippen LogP contribution in [0.25, 0.3) is 0 Å². The van der Waals surface area contributed by atoms with Crippen LogP contribution in [0.1, 0.15) is 64.4 Å². The van der Waals surface area contributed by atoms with Crippen molar-refractivity contribution < 1.29 is 52.3 Å². The first-order chi connectivity index (χ1) is 27.1. The molecule has 0 aliphatic rings. The minimum Gasteiger partial charge on any atom is -0.494 e. The Balaban J connectivity index is 1.28. The average Bonchev–Trinajstić information content (AvgIpc) is 3.21. The van der Waals surface area contributed by atoms with Crippen molar-refractivity contribution >= 4 is 35.3 Å². The van der Waals surface area contributed by atoms with E-state index in [1.165, 1.54) is 7.11 Å². The van der Waals surface area contributed by atoms with E-state index in [9.17, 15) is 19.2 Å². The number of unbranched alkanes of at least 4 members (excludes halogenated alkanes) is 2. The van der Waals surface area contributed by atoms with Gasteiger partial charge < -0.3 is 33.2 Å². The lowest BCUT2D eigenvalue weighted by atomic mass is 10.1. The fourth-order valence-electron chi connectivity index (χ4n) is 4.99. The van der Waals surface area contributed by atoms with Crippen molar-refractivity contribution in [1.82, 2.24) is 0 Å². The van der Waals surface area contributed by atoms with E-state index in [0.29, 0.717) is 97.6 Å². The smallest absolute Gasteiger partial charge is 0.343 e. The summed E-state index contributed by atoms with van der Waals surface area (Å²) >= 11 is 0. The first-order valence-corrected chi connectivity index (χ1v) is 17.9. The zero-order chi connectivity index (χ0) is 40.3. The van der Waals surface area contributed by atoms with E-state index in [2.05, 4.69) is 13.2 Å². The number of hydrogen-bond acceptors (Lipinski definition) is 12. The van der Waals surface area contributed by atoms with Crippen molar-refractivity contribution in [2.75, 3.05) is 33.5 Å². The first kappa shape index (κ1) is 42.1. The number of nitrogens with zero attached hydrogens (tertiary/aromatic N) is 1. The minimum atomic E-state index is -0.562. The van der Waals surface area contributed by atoms with Gasteiger partial charge in [-0.15, -0.1) is 0 Å². The maximum atomic E-state index is 12.9. The van der Waals surface area contributed by atoms with Crippen molar-refractivity contribution in [3.63, 3.8) is 0 Å². The van der Waals surface area contributed by atoms with Gasteiger partial charge >= 0.3 is 23.9 Å². The Morgan fingerprint density at radius 1 is 0.589 bits per heavy atom. The number of hydrogen-bond donors (Lipinski definition) is 0. The van der Waals surface area contributed by atoms with Crippen molar-refractivity contribution in [3.8, 4) is 28.7 Å². The Hall–Kier alpha value is -6.69. The summed E-state index contributed by atoms with van der Waals surface area (Å²) < 4.78 is 38.1. The molecule has 0 N–H and O–H groups in total. The third kappa shape index (κ3) is 13.3. The normalized spacial score (nSPS) is 10.8. The van der Waals surface area contributed by atoms with Crippen LogP contribution >= 0.6 is 0 Å². The Kier molecular flexibility index (Phi) is 16.4. The summed E-state index contributed by atoms with van der Waals surface area (Å²) in [7, 11) is 1.49. The molecule has 0 saturated heterocycles. The molecule has 4 rings (SSSR count). The molecule has 56 heavy (non-hydrogen) atoms. The van der Waals surface area contributed by atoms with E-state index in [1.807, 2.05) is 13.8 Å². The number of aryl methyl sites for hydroxylation is 1. The van der Waals surface area contributed by atoms with Gasteiger partial charge in [-0.3, -0.25) is 4.99 Å². The van der Waals surface area contributed by atoms with Crippen LogP contribution in [0.3, 0.4) is 0 Å². The number of aliphatic imine (C=N–C) groups is 1. The van der Waals surface area contributed by atoms with Crippen LogP contribution in [0.2, 0.25) is 0 Å². The van der Waals surface area contributed by atoms with Gasteiger partial charge in [-0.1, -0.05) is 13.2 Å². The lowest BCUT2D eigenvalue weighted by molar-refractivity contribution is -0.138. The third-order valence-corrected chi connectivity index (χ3v) is 8.07. The molecule has 0 aromatic heterocycles. The van der Waals surface area contributed by atoms with Crippen molar-refractivity contribution in [3.05, 3.63) is 132 Å². The quantitative estimate of drug-likeness (QED) is 0.0265. The molecule has 0 bridgehead atoms. The molecule has 0 radical (unpaired) electrons. The van der Waals surface area contributed by atoms with Gasteiger partial charge in [0.2, 0.25) is 0 Å². The van der Waals surface area contributed by atoms with Crippen LogP contribution in [-0.2, 0) is 19.1 Å². The van der Waals surface area contributed by atoms with Crippen LogP contribution in [-0.4, -0.2) is 63.1 Å². The average molecular weight is 764 g/mol. The fraction of sp³-hybridized carbons (Fsp3) is 0.250. The Morgan fingerprint density at radius 2 is 1.07 bits per heavy atom. The van der Waals surface area contributed by atoms with Gasteiger partial charge in [0.1, 0.15) is 17.2 Å². The summed E-state index contributed by atoms with van der Waals surface area (Å²) in [4.78, 5) is 52.7. The van der Waals surface area contributed by atoms with Crippen molar-refractivity contribution in [2.45, 2.75) is 39.5 Å². The number of ether oxygens (including phenoxy) is 7. The summed E-state index contributed by atoms with van der Waals surface area (Å²) in [6.07, 6.45) is 4.95. The number of methoxy groups -OCH3 is 1. The molecule has 0 unspecified atom stereocenters. The third-order valence-electron chi connectivity index (χ3n) is 8.07. The molecular formula is C44H45NO11. The largest absolute Gasteiger partial charge is 0.494 e. The van der Waals surface area contributed by atoms with Gasteiger partial charge in [0, 0.05) is 17.9 Å². The van der Waals surface area contributed by atoms with Gasteiger partial charge in [0.15, 0.2) is 11.5 Å². The van der Waals surface area contributed by atoms with E-state index in [1.54, 1.807) is 84.9 Å². The second kappa shape index (κ2) is 21.9. The highest BCUT2D eigenvalue weighted by atomic mass is 16.6. The van der Waals surface area contributed by atoms with Crippen molar-refractivity contribution in [2.24, 2.45) is 4.99 Å². The number of carbonyl (C=O) groups excluding carboxylic acids is 4. The maximum Gasteiger partial charge on any atom is 0.343 e. The summed E-state index contributed by atoms with van der Waals surface area (Å²) in [6.45, 7) is 11.9. The summed E-state index contributed by atoms with van der Waals surface area (Å²) in [6, 6.07) is 23.6. The molecular weight excluding hydrogens is 718 g/mol. The predicted octanol–water partition coefficient (Wildman–Crippen LogP) is 8.36. The molecule has 0 fully saturated rings. The zero-order valence-electron chi connectivity index (χ0n) is 31.7. The molecule has 4 aromatic carbocycles. The summed E-state index contributed by atoms with van der Waals surface area (Å²) in [5.41, 5.74) is 3.60. The minimum absolute atomic E-state index is 0.247. The Labute approximate surface area is 326 Å². The molecule has 12 nitrogen and oxygen atoms in total. The molecule has 0 spiro atoms. The van der Waals surface area contributed by atoms with Gasteiger partial charge in [-0.2, -0.15) is 0 Å². The van der Waals surface area contributed by atoms with Gasteiger partial charge in [0.05, 0.1) is 50.4 Å². The molecule has 0 saturated carbocycles. The van der Waals surface area contributed by atoms with Gasteiger partial charge in [0.25, 0.3) is 0 Å². The van der Waals surface area contributed by atoms with Crippen LogP contribution in [0.15, 0.2) is 115 Å². The molecule has 12 heteroatoms. The fourth-order valence-corrected chi connectivity index (χ4v) is 4.99. The molecule has 0 amide bonds. The number of carbonyl (C=O) groups is 4.